The molecule has 0 N–H and O–H groups in total. The zero-order chi connectivity index (χ0) is 16.2. The van der Waals surface area contributed by atoms with Gasteiger partial charge in [-0.05, 0) is 60.5 Å². The number of nitrogens with zero attached hydrogens (tertiary/aromatic N) is 1. The zero-order valence-electron chi connectivity index (χ0n) is 14.5. The molecule has 1 spiro atoms. The van der Waals surface area contributed by atoms with E-state index in [-0.39, 0.29) is 11.7 Å². The predicted molar refractivity (Wildman–Crippen MR) is 95.4 cm³/mol. The van der Waals surface area contributed by atoms with Gasteiger partial charge in [0.25, 0.3) is 0 Å². The summed E-state index contributed by atoms with van der Waals surface area (Å²) in [6.07, 6.45) is 6.06. The Bertz CT molecular complexity index is 503. The monoisotopic (exact) mass is 351 g/mol. The van der Waals surface area contributed by atoms with Crippen molar-refractivity contribution in [1.29, 1.82) is 0 Å². The van der Waals surface area contributed by atoms with E-state index in [0.717, 1.165) is 58.8 Å². The molecule has 0 aromatic carbocycles. The van der Waals surface area contributed by atoms with Crippen LogP contribution in [0.15, 0.2) is 16.8 Å². The first-order valence-electron chi connectivity index (χ1n) is 9.38. The summed E-state index contributed by atoms with van der Waals surface area (Å²) in [6.45, 7) is 6.76. The van der Waals surface area contributed by atoms with Crippen molar-refractivity contribution in [3.8, 4) is 0 Å². The molecular weight excluding hydrogens is 322 g/mol. The molecule has 0 bridgehead atoms. The van der Waals surface area contributed by atoms with Gasteiger partial charge in [-0.25, -0.2) is 0 Å². The van der Waals surface area contributed by atoms with Crippen LogP contribution >= 0.6 is 11.3 Å². The van der Waals surface area contributed by atoms with Gasteiger partial charge in [0.05, 0.1) is 24.9 Å². The van der Waals surface area contributed by atoms with Crippen molar-refractivity contribution in [2.24, 2.45) is 5.92 Å². The molecule has 3 aliphatic rings. The fourth-order valence-corrected chi connectivity index (χ4v) is 5.01. The van der Waals surface area contributed by atoms with Gasteiger partial charge in [-0.3, -0.25) is 4.90 Å². The van der Waals surface area contributed by atoms with E-state index in [9.17, 15) is 0 Å². The van der Waals surface area contributed by atoms with E-state index < -0.39 is 0 Å². The minimum atomic E-state index is 0.0363. The largest absolute Gasteiger partial charge is 0.381 e. The SMILES string of the molecule is c1cc(CN2CCC[C@@]3(C[C@@H](OCC4CCOCC4)CO3)C2)cs1. The molecule has 24 heavy (non-hydrogen) atoms. The Kier molecular flexibility index (Phi) is 5.54. The Morgan fingerprint density at radius 2 is 2.25 bits per heavy atom. The molecule has 2 atom stereocenters. The summed E-state index contributed by atoms with van der Waals surface area (Å²) >= 11 is 1.79. The lowest BCUT2D eigenvalue weighted by molar-refractivity contribution is -0.0554. The first-order chi connectivity index (χ1) is 11.8. The zero-order valence-corrected chi connectivity index (χ0v) is 15.3. The number of hydrogen-bond acceptors (Lipinski definition) is 5. The van der Waals surface area contributed by atoms with Crippen molar-refractivity contribution >= 4 is 11.3 Å². The van der Waals surface area contributed by atoms with E-state index >= 15 is 0 Å². The van der Waals surface area contributed by atoms with Gasteiger partial charge in [-0.2, -0.15) is 11.3 Å². The Labute approximate surface area is 149 Å². The van der Waals surface area contributed by atoms with E-state index in [1.807, 2.05) is 0 Å². The summed E-state index contributed by atoms with van der Waals surface area (Å²) < 4.78 is 17.9. The van der Waals surface area contributed by atoms with Crippen LogP contribution in [0.4, 0.5) is 0 Å². The van der Waals surface area contributed by atoms with Gasteiger partial charge in [0.2, 0.25) is 0 Å². The molecule has 3 aliphatic heterocycles. The first-order valence-corrected chi connectivity index (χ1v) is 10.3. The van der Waals surface area contributed by atoms with Crippen molar-refractivity contribution in [3.63, 3.8) is 0 Å². The van der Waals surface area contributed by atoms with Crippen LogP contribution in [0.3, 0.4) is 0 Å². The molecule has 5 heteroatoms. The maximum absolute atomic E-state index is 6.29. The summed E-state index contributed by atoms with van der Waals surface area (Å²) in [7, 11) is 0. The molecule has 134 valence electrons. The molecule has 0 amide bonds. The summed E-state index contributed by atoms with van der Waals surface area (Å²) in [6, 6.07) is 2.24. The summed E-state index contributed by atoms with van der Waals surface area (Å²) in [5.41, 5.74) is 1.47. The van der Waals surface area contributed by atoms with E-state index in [0.29, 0.717) is 5.92 Å². The topological polar surface area (TPSA) is 30.9 Å². The lowest BCUT2D eigenvalue weighted by Crippen LogP contribution is -2.47. The fraction of sp³-hybridized carbons (Fsp3) is 0.789. The standard InChI is InChI=1S/C19H29NO3S/c1-5-19(15-20(6-1)11-17-4-9-24-14-17)10-18(13-23-19)22-12-16-2-7-21-8-3-16/h4,9,14,16,18H,1-3,5-8,10-13,15H2/t18-,19-/m1/s1. The van der Waals surface area contributed by atoms with Gasteiger partial charge in [0, 0.05) is 32.7 Å². The van der Waals surface area contributed by atoms with Crippen LogP contribution in [0, 0.1) is 5.92 Å². The highest BCUT2D eigenvalue weighted by Crippen LogP contribution is 2.36. The highest BCUT2D eigenvalue weighted by atomic mass is 32.1. The number of rotatable bonds is 5. The van der Waals surface area contributed by atoms with Crippen molar-refractivity contribution in [1.82, 2.24) is 4.90 Å². The normalized spacial score (nSPS) is 32.6. The molecule has 4 nitrogen and oxygen atoms in total. The lowest BCUT2D eigenvalue weighted by Gasteiger charge is -2.39. The van der Waals surface area contributed by atoms with Crippen LogP contribution in [0.1, 0.15) is 37.7 Å². The molecule has 0 aliphatic carbocycles. The predicted octanol–water partition coefficient (Wildman–Crippen LogP) is 3.31. The van der Waals surface area contributed by atoms with Gasteiger partial charge in [0.1, 0.15) is 0 Å². The Balaban J connectivity index is 1.26. The third kappa shape index (κ3) is 4.20. The van der Waals surface area contributed by atoms with Gasteiger partial charge in [-0.1, -0.05) is 0 Å². The fourth-order valence-electron chi connectivity index (χ4n) is 4.35. The number of likely N-dealkylation sites (tertiary alicyclic amines) is 1. The minimum absolute atomic E-state index is 0.0363. The van der Waals surface area contributed by atoms with Crippen LogP contribution in [-0.4, -0.2) is 56.1 Å². The average molecular weight is 352 g/mol. The van der Waals surface area contributed by atoms with Crippen LogP contribution in [0.25, 0.3) is 0 Å². The first kappa shape index (κ1) is 17.0. The second-order valence-electron chi connectivity index (χ2n) is 7.66. The van der Waals surface area contributed by atoms with Crippen molar-refractivity contribution in [2.45, 2.75) is 50.4 Å². The molecule has 0 radical (unpaired) electrons. The van der Waals surface area contributed by atoms with E-state index in [4.69, 9.17) is 14.2 Å². The van der Waals surface area contributed by atoms with Gasteiger partial charge >= 0.3 is 0 Å². The van der Waals surface area contributed by atoms with Crippen LogP contribution in [-0.2, 0) is 20.8 Å². The van der Waals surface area contributed by atoms with Crippen molar-refractivity contribution in [3.05, 3.63) is 22.4 Å². The molecule has 3 fully saturated rings. The summed E-state index contributed by atoms with van der Waals surface area (Å²) in [4.78, 5) is 2.56. The second kappa shape index (κ2) is 7.83. The molecule has 3 saturated heterocycles. The van der Waals surface area contributed by atoms with E-state index in [2.05, 4.69) is 21.7 Å². The number of piperidine rings is 1. The van der Waals surface area contributed by atoms with Crippen LogP contribution in [0.5, 0.6) is 0 Å². The van der Waals surface area contributed by atoms with Gasteiger partial charge < -0.3 is 14.2 Å². The Hall–Kier alpha value is -0.460. The van der Waals surface area contributed by atoms with Crippen LogP contribution in [0.2, 0.25) is 0 Å². The third-order valence-electron chi connectivity index (χ3n) is 5.69. The molecule has 1 aromatic heterocycles. The Morgan fingerprint density at radius 3 is 3.08 bits per heavy atom. The molecule has 1 aromatic rings. The third-order valence-corrected chi connectivity index (χ3v) is 6.42. The molecular formula is C19H29NO3S. The maximum Gasteiger partial charge on any atom is 0.0836 e. The Morgan fingerprint density at radius 1 is 1.33 bits per heavy atom. The van der Waals surface area contributed by atoms with E-state index in [1.165, 1.54) is 24.9 Å². The number of thiophene rings is 1. The maximum atomic E-state index is 6.29. The van der Waals surface area contributed by atoms with Crippen molar-refractivity contribution in [2.75, 3.05) is 39.5 Å². The second-order valence-corrected chi connectivity index (χ2v) is 8.44. The average Bonchev–Trinajstić information content (AvgIpc) is 3.25. The highest BCUT2D eigenvalue weighted by Gasteiger charge is 2.44. The number of hydrogen-bond donors (Lipinski definition) is 0. The number of ether oxygens (including phenoxy) is 3. The van der Waals surface area contributed by atoms with E-state index in [1.54, 1.807) is 11.3 Å². The van der Waals surface area contributed by atoms with Gasteiger partial charge in [0.15, 0.2) is 0 Å². The molecule has 4 heterocycles. The molecule has 4 rings (SSSR count). The lowest BCUT2D eigenvalue weighted by atomic mass is 9.89. The molecule has 0 unspecified atom stereocenters. The minimum Gasteiger partial charge on any atom is -0.381 e. The quantitative estimate of drug-likeness (QED) is 0.814. The van der Waals surface area contributed by atoms with Crippen LogP contribution < -0.4 is 0 Å². The van der Waals surface area contributed by atoms with Gasteiger partial charge in [-0.15, -0.1) is 0 Å². The summed E-state index contributed by atoms with van der Waals surface area (Å²) in [5, 5.41) is 4.43. The summed E-state index contributed by atoms with van der Waals surface area (Å²) in [5.74, 6) is 0.678. The smallest absolute Gasteiger partial charge is 0.0836 e. The highest BCUT2D eigenvalue weighted by molar-refractivity contribution is 7.07. The van der Waals surface area contributed by atoms with Crippen molar-refractivity contribution < 1.29 is 14.2 Å². The molecule has 0 saturated carbocycles.